The molecule has 6 heteroatoms. The molecule has 0 heterocycles. The summed E-state index contributed by atoms with van der Waals surface area (Å²) in [7, 11) is 0. The van der Waals surface area contributed by atoms with Crippen molar-refractivity contribution in [1.82, 2.24) is 0 Å². The van der Waals surface area contributed by atoms with E-state index in [4.69, 9.17) is 28.3 Å². The third kappa shape index (κ3) is 1.71. The number of carboxylic acids is 1. The number of halogens is 2. The minimum atomic E-state index is -2.39. The van der Waals surface area contributed by atoms with Gasteiger partial charge in [-0.15, -0.1) is 0 Å². The first-order chi connectivity index (χ1) is 5.88. The van der Waals surface area contributed by atoms with Gasteiger partial charge < -0.3 is 15.3 Å². The lowest BCUT2D eigenvalue weighted by molar-refractivity contribution is -0.160. The van der Waals surface area contributed by atoms with Crippen LogP contribution < -0.4 is 0 Å². The molecule has 0 aromatic rings. The number of aliphatic hydroxyl groups is 2. The van der Waals surface area contributed by atoms with Gasteiger partial charge in [-0.2, -0.15) is 0 Å². The number of aliphatic hydroxyl groups excluding tert-OH is 1. The van der Waals surface area contributed by atoms with Crippen LogP contribution in [0.1, 0.15) is 0 Å². The van der Waals surface area contributed by atoms with Gasteiger partial charge in [-0.25, -0.2) is 4.79 Å². The summed E-state index contributed by atoms with van der Waals surface area (Å²) in [5, 5.41) is 27.1. The molecule has 0 saturated heterocycles. The van der Waals surface area contributed by atoms with Gasteiger partial charge in [-0.05, 0) is 12.2 Å². The summed E-state index contributed by atoms with van der Waals surface area (Å²) in [4.78, 5) is 10.6. The Morgan fingerprint density at radius 3 is 2.46 bits per heavy atom. The van der Waals surface area contributed by atoms with Gasteiger partial charge in [0, 0.05) is 0 Å². The van der Waals surface area contributed by atoms with Gasteiger partial charge in [0.25, 0.3) is 0 Å². The lowest BCUT2D eigenvalue weighted by Gasteiger charge is -2.27. The molecule has 1 rings (SSSR count). The molecule has 0 aliphatic heterocycles. The molecule has 0 saturated carbocycles. The summed E-state index contributed by atoms with van der Waals surface area (Å²) in [5.74, 6) is -1.58. The molecule has 4 nitrogen and oxygen atoms in total. The highest BCUT2D eigenvalue weighted by molar-refractivity contribution is 6.44. The first-order valence-electron chi connectivity index (χ1n) is 3.28. The van der Waals surface area contributed by atoms with E-state index in [0.29, 0.717) is 0 Å². The standard InChI is InChI=1S/C7H6Cl2O4/c8-3-1-5(10)7(13,6(11)12)2-4(3)9/h1-2,5,10,13H,(H,11,12)/t5-,7+/m1/s1. The average molecular weight is 225 g/mol. The van der Waals surface area contributed by atoms with Crippen molar-refractivity contribution in [3.63, 3.8) is 0 Å². The van der Waals surface area contributed by atoms with Crippen LogP contribution in [-0.4, -0.2) is 33.0 Å². The topological polar surface area (TPSA) is 77.8 Å². The van der Waals surface area contributed by atoms with E-state index in [9.17, 15) is 15.0 Å². The van der Waals surface area contributed by atoms with Crippen molar-refractivity contribution in [1.29, 1.82) is 0 Å². The molecule has 0 amide bonds. The predicted octanol–water partition coefficient (Wildman–Crippen LogP) is 0.422. The van der Waals surface area contributed by atoms with Crippen LogP contribution in [0.15, 0.2) is 22.2 Å². The quantitative estimate of drug-likeness (QED) is 0.604. The lowest BCUT2D eigenvalue weighted by Crippen LogP contribution is -2.48. The minimum Gasteiger partial charge on any atom is -0.479 e. The number of carboxylic acid groups (broad SMARTS) is 1. The molecule has 0 spiro atoms. The summed E-state index contributed by atoms with van der Waals surface area (Å²) in [6, 6.07) is 0. The van der Waals surface area contributed by atoms with Gasteiger partial charge in [0.1, 0.15) is 6.10 Å². The first kappa shape index (κ1) is 10.5. The van der Waals surface area contributed by atoms with E-state index >= 15 is 0 Å². The smallest absolute Gasteiger partial charge is 0.342 e. The maximum Gasteiger partial charge on any atom is 0.342 e. The van der Waals surface area contributed by atoms with E-state index in [0.717, 1.165) is 12.2 Å². The van der Waals surface area contributed by atoms with Crippen molar-refractivity contribution >= 4 is 29.2 Å². The first-order valence-corrected chi connectivity index (χ1v) is 4.03. The van der Waals surface area contributed by atoms with Crippen LogP contribution in [0.25, 0.3) is 0 Å². The van der Waals surface area contributed by atoms with Gasteiger partial charge in [0.2, 0.25) is 5.60 Å². The molecule has 3 N–H and O–H groups in total. The number of hydrogen-bond donors (Lipinski definition) is 3. The SMILES string of the molecule is O=C(O)[C@]1(O)C=C(Cl)C(Cl)=C[C@H]1O. The van der Waals surface area contributed by atoms with Crippen LogP contribution in [0.3, 0.4) is 0 Å². The molecule has 1 aliphatic carbocycles. The van der Waals surface area contributed by atoms with Crippen LogP contribution in [0.2, 0.25) is 0 Å². The molecule has 1 aliphatic rings. The van der Waals surface area contributed by atoms with E-state index in [1.807, 2.05) is 0 Å². The van der Waals surface area contributed by atoms with Crippen molar-refractivity contribution in [2.45, 2.75) is 11.7 Å². The van der Waals surface area contributed by atoms with Gasteiger partial charge in [-0.3, -0.25) is 0 Å². The summed E-state index contributed by atoms with van der Waals surface area (Å²) >= 11 is 11.0. The van der Waals surface area contributed by atoms with Gasteiger partial charge in [-0.1, -0.05) is 23.2 Å². The Kier molecular flexibility index (Phi) is 2.68. The van der Waals surface area contributed by atoms with E-state index in [1.54, 1.807) is 0 Å². The molecule has 0 aromatic carbocycles. The third-order valence-corrected chi connectivity index (χ3v) is 2.41. The molecule has 13 heavy (non-hydrogen) atoms. The number of hydrogen-bond acceptors (Lipinski definition) is 3. The Bertz CT molecular complexity index is 310. The highest BCUT2D eigenvalue weighted by atomic mass is 35.5. The third-order valence-electron chi connectivity index (χ3n) is 1.67. The Labute approximate surface area is 83.7 Å². The van der Waals surface area contributed by atoms with Crippen LogP contribution in [-0.2, 0) is 4.79 Å². The van der Waals surface area contributed by atoms with Crippen molar-refractivity contribution < 1.29 is 20.1 Å². The van der Waals surface area contributed by atoms with Crippen LogP contribution in [0.4, 0.5) is 0 Å². The minimum absolute atomic E-state index is 0.0140. The Morgan fingerprint density at radius 1 is 1.46 bits per heavy atom. The largest absolute Gasteiger partial charge is 0.479 e. The molecule has 2 atom stereocenters. The number of allylic oxidation sites excluding steroid dienone is 2. The second kappa shape index (κ2) is 3.31. The second-order valence-electron chi connectivity index (χ2n) is 2.58. The van der Waals surface area contributed by atoms with Crippen molar-refractivity contribution in [2.24, 2.45) is 0 Å². The van der Waals surface area contributed by atoms with Gasteiger partial charge >= 0.3 is 5.97 Å². The Hall–Kier alpha value is -0.550. The number of carbonyl (C=O) groups is 1. The summed E-state index contributed by atoms with van der Waals surface area (Å²) in [5.41, 5.74) is -2.39. The highest BCUT2D eigenvalue weighted by Gasteiger charge is 2.43. The number of rotatable bonds is 1. The second-order valence-corrected chi connectivity index (χ2v) is 3.40. The molecular formula is C7H6Cl2O4. The fourth-order valence-corrected chi connectivity index (χ4v) is 1.28. The van der Waals surface area contributed by atoms with E-state index in [-0.39, 0.29) is 10.1 Å². The zero-order valence-electron chi connectivity index (χ0n) is 6.24. The molecule has 0 bridgehead atoms. The monoisotopic (exact) mass is 224 g/mol. The van der Waals surface area contributed by atoms with Crippen LogP contribution in [0, 0.1) is 0 Å². The van der Waals surface area contributed by atoms with Gasteiger partial charge in [0.05, 0.1) is 10.1 Å². The van der Waals surface area contributed by atoms with E-state index < -0.39 is 17.7 Å². The maximum atomic E-state index is 10.6. The fourth-order valence-electron chi connectivity index (χ4n) is 0.881. The lowest BCUT2D eigenvalue weighted by atomic mass is 9.92. The molecule has 72 valence electrons. The maximum absolute atomic E-state index is 10.6. The zero-order chi connectivity index (χ0) is 10.2. The van der Waals surface area contributed by atoms with Crippen molar-refractivity contribution in [3.8, 4) is 0 Å². The van der Waals surface area contributed by atoms with E-state index in [2.05, 4.69) is 0 Å². The summed E-state index contributed by atoms with van der Waals surface area (Å²) in [6.45, 7) is 0. The Morgan fingerprint density at radius 2 is 2.00 bits per heavy atom. The summed E-state index contributed by atoms with van der Waals surface area (Å²) < 4.78 is 0. The molecular weight excluding hydrogens is 219 g/mol. The number of aliphatic carboxylic acids is 1. The molecule has 0 fully saturated rings. The predicted molar refractivity (Wildman–Crippen MR) is 46.5 cm³/mol. The van der Waals surface area contributed by atoms with Crippen LogP contribution >= 0.6 is 23.2 Å². The Balaban J connectivity index is 3.12. The highest BCUT2D eigenvalue weighted by Crippen LogP contribution is 2.31. The molecule has 0 aromatic heterocycles. The van der Waals surface area contributed by atoms with Gasteiger partial charge in [0.15, 0.2) is 0 Å². The molecule has 0 radical (unpaired) electrons. The van der Waals surface area contributed by atoms with E-state index in [1.165, 1.54) is 0 Å². The normalized spacial score (nSPS) is 33.7. The van der Waals surface area contributed by atoms with Crippen molar-refractivity contribution in [3.05, 3.63) is 22.2 Å². The summed E-state index contributed by atoms with van der Waals surface area (Å²) in [6.07, 6.45) is 0.169. The van der Waals surface area contributed by atoms with Crippen molar-refractivity contribution in [2.75, 3.05) is 0 Å². The van der Waals surface area contributed by atoms with Crippen LogP contribution in [0.5, 0.6) is 0 Å². The molecule has 0 unspecified atom stereocenters. The average Bonchev–Trinajstić information content (AvgIpc) is 2.01. The fraction of sp³-hybridized carbons (Fsp3) is 0.286. The zero-order valence-corrected chi connectivity index (χ0v) is 7.75.